The first-order valence-corrected chi connectivity index (χ1v) is 13.3. The van der Waals surface area contributed by atoms with Crippen LogP contribution < -0.4 is 28.6 Å². The number of anilines is 2. The van der Waals surface area contributed by atoms with E-state index >= 15 is 0 Å². The predicted octanol–water partition coefficient (Wildman–Crippen LogP) is -2.55. The zero-order chi connectivity index (χ0) is 32.4. The van der Waals surface area contributed by atoms with Crippen molar-refractivity contribution in [3.05, 3.63) is 45.5 Å². The van der Waals surface area contributed by atoms with Gasteiger partial charge in [0.25, 0.3) is 0 Å². The molecule has 9 atom stereocenters. The molecule has 0 aromatic carbocycles. The number of nitrogen functional groups attached to an aromatic ring is 2. The van der Waals surface area contributed by atoms with Crippen molar-refractivity contribution in [3.63, 3.8) is 0 Å². The van der Waals surface area contributed by atoms with Crippen molar-refractivity contribution in [1.82, 2.24) is 19.1 Å². The summed E-state index contributed by atoms with van der Waals surface area (Å²) in [5, 5.41) is 49.4. The Bertz CT molecular complexity index is 1410. The zero-order valence-electron chi connectivity index (χ0n) is 25.3. The Balaban J connectivity index is 0.000000862. The molecule has 46 heavy (non-hydrogen) atoms. The normalized spacial score (nSPS) is 30.6. The van der Waals surface area contributed by atoms with E-state index in [9.17, 15) is 34.8 Å². The molecule has 4 rings (SSSR count). The molecular formula is C25H42Cl3N7O11. The third kappa shape index (κ3) is 8.84. The van der Waals surface area contributed by atoms with E-state index < -0.39 is 84.7 Å². The Morgan fingerprint density at radius 2 is 1.33 bits per heavy atom. The van der Waals surface area contributed by atoms with Gasteiger partial charge in [0.1, 0.15) is 47.2 Å². The maximum atomic E-state index is 12.2. The van der Waals surface area contributed by atoms with E-state index in [4.69, 9.17) is 36.5 Å². The summed E-state index contributed by atoms with van der Waals surface area (Å²) in [6.07, 6.45) is -4.26. The molecule has 0 aliphatic carbocycles. The lowest BCUT2D eigenvalue weighted by molar-refractivity contribution is -0.166. The van der Waals surface area contributed by atoms with Gasteiger partial charge < -0.3 is 56.9 Å². The van der Waals surface area contributed by atoms with Gasteiger partial charge in [0, 0.05) is 12.4 Å². The van der Waals surface area contributed by atoms with Gasteiger partial charge in [-0.3, -0.25) is 13.9 Å². The number of rotatable bonds is 7. The van der Waals surface area contributed by atoms with Crippen molar-refractivity contribution in [3.8, 4) is 0 Å². The summed E-state index contributed by atoms with van der Waals surface area (Å²) in [6.45, 7) is 5.17. The van der Waals surface area contributed by atoms with E-state index in [2.05, 4.69) is 9.97 Å². The lowest BCUT2D eigenvalue weighted by Gasteiger charge is -2.30. The van der Waals surface area contributed by atoms with E-state index in [1.807, 2.05) is 0 Å². The fourth-order valence-electron chi connectivity index (χ4n) is 4.65. The molecule has 2 aliphatic heterocycles. The molecule has 2 aliphatic rings. The monoisotopic (exact) mass is 721 g/mol. The Hall–Kier alpha value is -2.62. The maximum Gasteiger partial charge on any atom is 0.351 e. The predicted molar refractivity (Wildman–Crippen MR) is 170 cm³/mol. The van der Waals surface area contributed by atoms with Gasteiger partial charge >= 0.3 is 17.3 Å². The second-order valence-electron chi connectivity index (χ2n) is 11.0. The number of hydrogen-bond donors (Lipinski definition) is 8. The van der Waals surface area contributed by atoms with Gasteiger partial charge in [-0.05, 0) is 31.9 Å². The van der Waals surface area contributed by atoms with Crippen molar-refractivity contribution in [2.75, 3.05) is 24.7 Å². The maximum absolute atomic E-state index is 12.2. The molecule has 2 saturated heterocycles. The first-order valence-electron chi connectivity index (χ1n) is 13.3. The molecule has 0 amide bonds. The lowest BCUT2D eigenvalue weighted by atomic mass is 9.95. The van der Waals surface area contributed by atoms with Crippen molar-refractivity contribution in [2.45, 2.75) is 81.8 Å². The molecule has 21 heteroatoms. The second kappa shape index (κ2) is 17.0. The van der Waals surface area contributed by atoms with Crippen LogP contribution in [0.15, 0.2) is 34.1 Å². The van der Waals surface area contributed by atoms with E-state index in [1.54, 1.807) is 13.8 Å². The lowest BCUT2D eigenvalue weighted by Crippen LogP contribution is -2.51. The summed E-state index contributed by atoms with van der Waals surface area (Å²) >= 11 is 0. The van der Waals surface area contributed by atoms with Crippen molar-refractivity contribution in [1.29, 1.82) is 0 Å². The van der Waals surface area contributed by atoms with Crippen LogP contribution in [-0.4, -0.2) is 105 Å². The van der Waals surface area contributed by atoms with Crippen molar-refractivity contribution < 1.29 is 44.5 Å². The minimum Gasteiger partial charge on any atom is -0.455 e. The second-order valence-corrected chi connectivity index (χ2v) is 11.0. The summed E-state index contributed by atoms with van der Waals surface area (Å²) in [5.74, 6) is -0.838. The molecule has 0 spiro atoms. The standard InChI is InChI=1S/C15H24N4O6.C10H15N3O5.3ClH/c1-7(2)10(17)12(21)25-11-8(6-20)24-13(15(11,3)23)19-5-4-9(16)18-14(19)22;1-10(17)7(15)5(4-14)18-8(10)13-3-2-6(11)12-9(13)16;;;/h4-5,7-8,10-11,13,20,23H,6,17H2,1-3H3,(H2,16,18,22);2-3,5,7-8,14-15,17H,4H2,1H3,(H2,11,12,16);3*1H/t8-,10?,11-,13-,15?;5-,7-,8-,10?;;;/m00.../s1. The first-order chi connectivity index (χ1) is 20.0. The highest BCUT2D eigenvalue weighted by atomic mass is 35.5. The van der Waals surface area contributed by atoms with Gasteiger partial charge in [-0.15, -0.1) is 37.2 Å². The molecule has 3 unspecified atom stereocenters. The quantitative estimate of drug-likeness (QED) is 0.137. The number of nitrogens with two attached hydrogens (primary N) is 3. The van der Waals surface area contributed by atoms with Crippen LogP contribution in [0, 0.1) is 5.92 Å². The number of aliphatic hydroxyl groups excluding tert-OH is 3. The Morgan fingerprint density at radius 3 is 1.70 bits per heavy atom. The number of aromatic nitrogens is 4. The van der Waals surface area contributed by atoms with Crippen LogP contribution in [0.4, 0.5) is 11.6 Å². The number of carbonyl (C=O) groups is 1. The molecule has 4 heterocycles. The van der Waals surface area contributed by atoms with Gasteiger partial charge in [-0.25, -0.2) is 9.59 Å². The van der Waals surface area contributed by atoms with Crippen LogP contribution in [0.2, 0.25) is 0 Å². The van der Waals surface area contributed by atoms with Crippen LogP contribution >= 0.6 is 37.2 Å². The molecule has 264 valence electrons. The fraction of sp³-hybridized carbons (Fsp3) is 0.640. The number of ether oxygens (including phenoxy) is 3. The molecule has 2 aromatic rings. The number of esters is 1. The number of carbonyl (C=O) groups excluding carboxylic acids is 1. The number of hydrogen-bond acceptors (Lipinski definition) is 16. The third-order valence-corrected chi connectivity index (χ3v) is 7.27. The molecule has 11 N–H and O–H groups in total. The van der Waals surface area contributed by atoms with Crippen LogP contribution in [0.5, 0.6) is 0 Å². The smallest absolute Gasteiger partial charge is 0.351 e. The van der Waals surface area contributed by atoms with Crippen LogP contribution in [0.3, 0.4) is 0 Å². The largest absolute Gasteiger partial charge is 0.455 e. The van der Waals surface area contributed by atoms with Gasteiger partial charge in [0.15, 0.2) is 18.6 Å². The van der Waals surface area contributed by atoms with Crippen LogP contribution in [0.25, 0.3) is 0 Å². The van der Waals surface area contributed by atoms with E-state index in [0.717, 1.165) is 9.13 Å². The molecule has 0 saturated carbocycles. The van der Waals surface area contributed by atoms with Gasteiger partial charge in [0.2, 0.25) is 0 Å². The summed E-state index contributed by atoms with van der Waals surface area (Å²) in [6, 6.07) is 1.84. The van der Waals surface area contributed by atoms with Crippen LogP contribution in [0.1, 0.15) is 40.2 Å². The summed E-state index contributed by atoms with van der Waals surface area (Å²) in [7, 11) is 0. The Labute approximate surface area is 281 Å². The number of halogens is 3. The fourth-order valence-corrected chi connectivity index (χ4v) is 4.65. The Morgan fingerprint density at radius 1 is 0.913 bits per heavy atom. The minimum absolute atomic E-state index is 0. The van der Waals surface area contributed by atoms with E-state index in [1.165, 1.54) is 38.4 Å². The molecule has 2 aromatic heterocycles. The zero-order valence-corrected chi connectivity index (χ0v) is 27.7. The first kappa shape index (κ1) is 43.4. The highest BCUT2D eigenvalue weighted by molar-refractivity contribution is 5.86. The highest BCUT2D eigenvalue weighted by Gasteiger charge is 2.56. The van der Waals surface area contributed by atoms with Gasteiger partial charge in [-0.2, -0.15) is 9.97 Å². The summed E-state index contributed by atoms with van der Waals surface area (Å²) in [5.41, 5.74) is 11.6. The Kier molecular flexibility index (Phi) is 16.0. The van der Waals surface area contributed by atoms with Crippen LogP contribution in [-0.2, 0) is 19.0 Å². The third-order valence-electron chi connectivity index (χ3n) is 7.27. The van der Waals surface area contributed by atoms with Crippen molar-refractivity contribution in [2.24, 2.45) is 11.7 Å². The molecule has 2 fully saturated rings. The minimum atomic E-state index is -1.80. The van der Waals surface area contributed by atoms with Gasteiger partial charge in [-0.1, -0.05) is 13.8 Å². The molecular weight excluding hydrogens is 681 g/mol. The molecule has 0 radical (unpaired) electrons. The average Bonchev–Trinajstić information content (AvgIpc) is 3.31. The molecule has 0 bridgehead atoms. The van der Waals surface area contributed by atoms with E-state index in [-0.39, 0.29) is 54.8 Å². The summed E-state index contributed by atoms with van der Waals surface area (Å²) < 4.78 is 18.2. The van der Waals surface area contributed by atoms with E-state index in [0.29, 0.717) is 0 Å². The number of aliphatic hydroxyl groups is 5. The average molecular weight is 723 g/mol. The SMILES string of the molecule is CC(C)C(N)C(=O)O[C@H]1[C@H](CO)O[C@H](n2ccc(N)nc2=O)C1(C)O.CC1(O)[C@@H](n2ccc(N)nc2=O)O[C@@H](CO)[C@@H]1O.Cl.Cl.Cl. The topological polar surface area (TPSA) is 294 Å². The molecule has 18 nitrogen and oxygen atoms in total. The highest BCUT2D eigenvalue weighted by Crippen LogP contribution is 2.40. The van der Waals surface area contributed by atoms with Crippen molar-refractivity contribution >= 4 is 54.8 Å². The number of nitrogens with zero attached hydrogens (tertiary/aromatic N) is 4. The van der Waals surface area contributed by atoms with Gasteiger partial charge in [0.05, 0.1) is 13.2 Å². The summed E-state index contributed by atoms with van der Waals surface area (Å²) in [4.78, 5) is 42.9.